The van der Waals surface area contributed by atoms with E-state index in [9.17, 15) is 0 Å². The van der Waals surface area contributed by atoms with Crippen molar-refractivity contribution in [3.05, 3.63) is 59.4 Å². The van der Waals surface area contributed by atoms with E-state index in [0.717, 1.165) is 17.0 Å². The Balaban J connectivity index is 2.23. The van der Waals surface area contributed by atoms with E-state index in [-0.39, 0.29) is 0 Å². The van der Waals surface area contributed by atoms with Gasteiger partial charge in [-0.2, -0.15) is 0 Å². The van der Waals surface area contributed by atoms with Crippen LogP contribution in [-0.2, 0) is 0 Å². The van der Waals surface area contributed by atoms with Crippen molar-refractivity contribution in [1.29, 1.82) is 0 Å². The number of hydrogen-bond acceptors (Lipinski definition) is 2. The van der Waals surface area contributed by atoms with E-state index in [2.05, 4.69) is 60.2 Å². The second-order valence-corrected chi connectivity index (χ2v) is 4.85. The molecular formula is C16H20N3+. The molecule has 1 aromatic carbocycles. The van der Waals surface area contributed by atoms with Gasteiger partial charge in [0.05, 0.1) is 0 Å². The van der Waals surface area contributed by atoms with Gasteiger partial charge >= 0.3 is 0 Å². The fourth-order valence-corrected chi connectivity index (χ4v) is 1.91. The summed E-state index contributed by atoms with van der Waals surface area (Å²) in [5.41, 5.74) is 4.54. The predicted molar refractivity (Wildman–Crippen MR) is 79.9 cm³/mol. The quantitative estimate of drug-likeness (QED) is 0.608. The average molecular weight is 254 g/mol. The number of aromatic nitrogens is 1. The molecule has 0 spiro atoms. The maximum Gasteiger partial charge on any atom is 0.211 e. The zero-order valence-corrected chi connectivity index (χ0v) is 12.0. The van der Waals surface area contributed by atoms with Crippen molar-refractivity contribution in [2.45, 2.75) is 13.8 Å². The van der Waals surface area contributed by atoms with Gasteiger partial charge in [-0.3, -0.25) is 0 Å². The van der Waals surface area contributed by atoms with Crippen LogP contribution in [0.2, 0.25) is 0 Å². The van der Waals surface area contributed by atoms with Crippen molar-refractivity contribution in [3.63, 3.8) is 0 Å². The molecule has 0 unspecified atom stereocenters. The molecule has 1 heterocycles. The standard InChI is InChI=1S/C16H20N3/c1-13-6-5-7-14(2)19(13)17-12-15-8-10-16(11-9-15)18(3)4/h5-12H,1-4H3/q+1. The molecule has 2 rings (SSSR count). The largest absolute Gasteiger partial charge is 0.378 e. The zero-order chi connectivity index (χ0) is 13.8. The summed E-state index contributed by atoms with van der Waals surface area (Å²) in [7, 11) is 4.07. The van der Waals surface area contributed by atoms with Gasteiger partial charge in [-0.1, -0.05) is 16.8 Å². The van der Waals surface area contributed by atoms with Crippen LogP contribution in [0.15, 0.2) is 47.6 Å². The fraction of sp³-hybridized carbons (Fsp3) is 0.250. The molecule has 3 heteroatoms. The van der Waals surface area contributed by atoms with E-state index < -0.39 is 0 Å². The topological polar surface area (TPSA) is 19.5 Å². The van der Waals surface area contributed by atoms with Gasteiger partial charge in [0.15, 0.2) is 0 Å². The lowest BCUT2D eigenvalue weighted by molar-refractivity contribution is -0.690. The molecule has 0 amide bonds. The average Bonchev–Trinajstić information content (AvgIpc) is 2.38. The summed E-state index contributed by atoms with van der Waals surface area (Å²) in [6.07, 6.45) is 1.89. The highest BCUT2D eigenvalue weighted by atomic mass is 15.3. The molecule has 0 saturated carbocycles. The lowest BCUT2D eigenvalue weighted by atomic mass is 10.2. The van der Waals surface area contributed by atoms with E-state index in [1.807, 2.05) is 31.1 Å². The van der Waals surface area contributed by atoms with Gasteiger partial charge in [0.2, 0.25) is 11.4 Å². The van der Waals surface area contributed by atoms with Crippen molar-refractivity contribution in [1.82, 2.24) is 0 Å². The molecule has 19 heavy (non-hydrogen) atoms. The maximum absolute atomic E-state index is 4.53. The van der Waals surface area contributed by atoms with Crippen molar-refractivity contribution in [3.8, 4) is 0 Å². The van der Waals surface area contributed by atoms with Gasteiger partial charge in [0, 0.05) is 45.8 Å². The summed E-state index contributed by atoms with van der Waals surface area (Å²) in [5.74, 6) is 0. The molecule has 0 aliphatic carbocycles. The predicted octanol–water partition coefficient (Wildman–Crippen LogP) is 2.54. The van der Waals surface area contributed by atoms with Gasteiger partial charge in [-0.15, -0.1) is 0 Å². The van der Waals surface area contributed by atoms with Crippen molar-refractivity contribution in [2.24, 2.45) is 5.10 Å². The second kappa shape index (κ2) is 5.65. The van der Waals surface area contributed by atoms with Crippen molar-refractivity contribution in [2.75, 3.05) is 19.0 Å². The summed E-state index contributed by atoms with van der Waals surface area (Å²) in [5, 5.41) is 4.53. The molecule has 0 bridgehead atoms. The van der Waals surface area contributed by atoms with E-state index in [1.54, 1.807) is 0 Å². The Bertz CT molecular complexity index is 563. The Hall–Kier alpha value is -2.16. The van der Waals surface area contributed by atoms with Crippen LogP contribution >= 0.6 is 0 Å². The number of hydrogen-bond donors (Lipinski definition) is 0. The molecule has 0 atom stereocenters. The molecule has 0 saturated heterocycles. The van der Waals surface area contributed by atoms with Crippen molar-refractivity contribution < 1.29 is 4.68 Å². The minimum atomic E-state index is 1.10. The Kier molecular flexibility index (Phi) is 3.95. The molecule has 0 aliphatic rings. The summed E-state index contributed by atoms with van der Waals surface area (Å²) in [6.45, 7) is 4.11. The number of aryl methyl sites for hydroxylation is 2. The third-order valence-corrected chi connectivity index (χ3v) is 3.07. The van der Waals surface area contributed by atoms with Gasteiger partial charge in [0.1, 0.15) is 6.21 Å². The maximum atomic E-state index is 4.53. The smallest absolute Gasteiger partial charge is 0.211 e. The molecule has 0 aliphatic heterocycles. The van der Waals surface area contributed by atoms with E-state index >= 15 is 0 Å². The first-order chi connectivity index (χ1) is 9.08. The van der Waals surface area contributed by atoms with Gasteiger partial charge in [0.25, 0.3) is 0 Å². The van der Waals surface area contributed by atoms with Crippen LogP contribution in [0, 0.1) is 13.8 Å². The number of anilines is 1. The first-order valence-corrected chi connectivity index (χ1v) is 6.38. The van der Waals surface area contributed by atoms with Gasteiger partial charge in [-0.25, -0.2) is 0 Å². The second-order valence-electron chi connectivity index (χ2n) is 4.85. The Morgan fingerprint density at radius 1 is 0.947 bits per heavy atom. The minimum absolute atomic E-state index is 1.10. The molecule has 0 N–H and O–H groups in total. The summed E-state index contributed by atoms with van der Waals surface area (Å²) in [6, 6.07) is 14.5. The van der Waals surface area contributed by atoms with E-state index in [0.29, 0.717) is 0 Å². The number of rotatable bonds is 3. The molecule has 1 aromatic heterocycles. The third kappa shape index (κ3) is 3.19. The van der Waals surface area contributed by atoms with Crippen LogP contribution in [0.4, 0.5) is 5.69 Å². The summed E-state index contributed by atoms with van der Waals surface area (Å²) < 4.78 is 1.94. The lowest BCUT2D eigenvalue weighted by Crippen LogP contribution is -2.34. The molecular weight excluding hydrogens is 234 g/mol. The zero-order valence-electron chi connectivity index (χ0n) is 12.0. The molecule has 0 radical (unpaired) electrons. The SMILES string of the molecule is Cc1cccc(C)[n+]1N=Cc1ccc(N(C)C)cc1. The Morgan fingerprint density at radius 3 is 2.05 bits per heavy atom. The monoisotopic (exact) mass is 254 g/mol. The third-order valence-electron chi connectivity index (χ3n) is 3.07. The lowest BCUT2D eigenvalue weighted by Gasteiger charge is -2.11. The van der Waals surface area contributed by atoms with Crippen LogP contribution in [0.25, 0.3) is 0 Å². The first kappa shape index (κ1) is 13.3. The molecule has 2 aromatic rings. The Labute approximate surface area is 114 Å². The van der Waals surface area contributed by atoms with Crippen LogP contribution in [0.5, 0.6) is 0 Å². The van der Waals surface area contributed by atoms with Crippen LogP contribution in [0.1, 0.15) is 17.0 Å². The summed E-state index contributed by atoms with van der Waals surface area (Å²) >= 11 is 0. The van der Waals surface area contributed by atoms with Crippen molar-refractivity contribution >= 4 is 11.9 Å². The van der Waals surface area contributed by atoms with Gasteiger partial charge in [-0.05, 0) is 28.9 Å². The van der Waals surface area contributed by atoms with Crippen LogP contribution < -0.4 is 9.58 Å². The molecule has 0 fully saturated rings. The van der Waals surface area contributed by atoms with E-state index in [1.165, 1.54) is 5.69 Å². The van der Waals surface area contributed by atoms with Crippen LogP contribution in [0.3, 0.4) is 0 Å². The number of benzene rings is 1. The molecule has 98 valence electrons. The number of pyridine rings is 1. The normalized spacial score (nSPS) is 10.9. The number of nitrogens with zero attached hydrogens (tertiary/aromatic N) is 3. The fourth-order valence-electron chi connectivity index (χ4n) is 1.91. The first-order valence-electron chi connectivity index (χ1n) is 6.38. The summed E-state index contributed by atoms with van der Waals surface area (Å²) in [4.78, 5) is 2.08. The highest BCUT2D eigenvalue weighted by Crippen LogP contribution is 2.10. The highest BCUT2D eigenvalue weighted by Gasteiger charge is 2.07. The van der Waals surface area contributed by atoms with Gasteiger partial charge < -0.3 is 4.90 Å². The Morgan fingerprint density at radius 2 is 1.53 bits per heavy atom. The minimum Gasteiger partial charge on any atom is -0.378 e. The molecule has 3 nitrogen and oxygen atoms in total. The van der Waals surface area contributed by atoms with E-state index in [4.69, 9.17) is 0 Å². The van der Waals surface area contributed by atoms with Crippen LogP contribution in [-0.4, -0.2) is 20.3 Å². The highest BCUT2D eigenvalue weighted by molar-refractivity contribution is 5.79.